The van der Waals surface area contributed by atoms with E-state index >= 15 is 0 Å². The zero-order chi connectivity index (χ0) is 12.6. The normalized spacial score (nSPS) is 18.4. The Bertz CT molecular complexity index is 293. The molecule has 0 bridgehead atoms. The predicted octanol–water partition coefficient (Wildman–Crippen LogP) is -0.202. The summed E-state index contributed by atoms with van der Waals surface area (Å²) < 4.78 is 37.7. The van der Waals surface area contributed by atoms with Gasteiger partial charge in [0, 0.05) is 32.1 Å². The third-order valence-corrected chi connectivity index (χ3v) is 4.05. The second-order valence-electron chi connectivity index (χ2n) is 3.57. The van der Waals surface area contributed by atoms with E-state index in [0.29, 0.717) is 58.4 Å². The molecule has 1 saturated heterocycles. The highest BCUT2D eigenvalue weighted by Gasteiger charge is 2.23. The Balaban J connectivity index is 2.15. The van der Waals surface area contributed by atoms with Crippen LogP contribution in [0.2, 0.25) is 0 Å². The molecule has 1 N–H and O–H groups in total. The molecule has 1 aliphatic heterocycles. The summed E-state index contributed by atoms with van der Waals surface area (Å²) in [5.41, 5.74) is 0. The van der Waals surface area contributed by atoms with E-state index in [0.717, 1.165) is 0 Å². The van der Waals surface area contributed by atoms with Crippen LogP contribution >= 0.6 is 11.6 Å². The lowest BCUT2D eigenvalue weighted by molar-refractivity contribution is 0.0724. The average molecular weight is 287 g/mol. The van der Waals surface area contributed by atoms with Gasteiger partial charge in [-0.05, 0) is 6.42 Å². The van der Waals surface area contributed by atoms with Gasteiger partial charge in [-0.2, -0.15) is 12.7 Å². The highest BCUT2D eigenvalue weighted by molar-refractivity contribution is 7.87. The van der Waals surface area contributed by atoms with Crippen LogP contribution in [0.5, 0.6) is 0 Å². The van der Waals surface area contributed by atoms with Crippen molar-refractivity contribution in [1.82, 2.24) is 9.03 Å². The highest BCUT2D eigenvalue weighted by Crippen LogP contribution is 2.02. The summed E-state index contributed by atoms with van der Waals surface area (Å²) in [4.78, 5) is 0. The maximum Gasteiger partial charge on any atom is 0.279 e. The van der Waals surface area contributed by atoms with Crippen LogP contribution < -0.4 is 4.72 Å². The van der Waals surface area contributed by atoms with Crippen LogP contribution in [0.1, 0.15) is 6.42 Å². The maximum atomic E-state index is 11.8. The van der Waals surface area contributed by atoms with Gasteiger partial charge in [0.15, 0.2) is 0 Å². The third kappa shape index (κ3) is 5.98. The molecule has 0 amide bonds. The number of hydrogen-bond donors (Lipinski definition) is 1. The van der Waals surface area contributed by atoms with Gasteiger partial charge in [-0.3, -0.25) is 0 Å². The summed E-state index contributed by atoms with van der Waals surface area (Å²) in [6.07, 6.45) is 0.639. The van der Waals surface area contributed by atoms with E-state index in [4.69, 9.17) is 21.1 Å². The largest absolute Gasteiger partial charge is 0.380 e. The third-order valence-electron chi connectivity index (χ3n) is 2.28. The Labute approximate surface area is 107 Å². The molecule has 0 atom stereocenters. The van der Waals surface area contributed by atoms with E-state index in [1.54, 1.807) is 0 Å². The first-order chi connectivity index (χ1) is 8.17. The van der Waals surface area contributed by atoms with Crippen LogP contribution in [0.25, 0.3) is 0 Å². The second kappa shape index (κ2) is 8.23. The van der Waals surface area contributed by atoms with Gasteiger partial charge in [-0.25, -0.2) is 4.72 Å². The molecule has 1 fully saturated rings. The van der Waals surface area contributed by atoms with Crippen molar-refractivity contribution in [3.05, 3.63) is 0 Å². The number of alkyl halides is 1. The van der Waals surface area contributed by atoms with Crippen molar-refractivity contribution in [1.29, 1.82) is 0 Å². The van der Waals surface area contributed by atoms with E-state index < -0.39 is 10.2 Å². The van der Waals surface area contributed by atoms with Gasteiger partial charge < -0.3 is 9.47 Å². The van der Waals surface area contributed by atoms with Crippen molar-refractivity contribution < 1.29 is 17.9 Å². The van der Waals surface area contributed by atoms with Gasteiger partial charge in [-0.1, -0.05) is 0 Å². The Morgan fingerprint density at radius 1 is 1.29 bits per heavy atom. The van der Waals surface area contributed by atoms with Crippen molar-refractivity contribution in [2.75, 3.05) is 51.9 Å². The molecule has 0 aromatic heterocycles. The fourth-order valence-corrected chi connectivity index (χ4v) is 2.73. The first-order valence-corrected chi connectivity index (χ1v) is 7.60. The minimum Gasteiger partial charge on any atom is -0.380 e. The summed E-state index contributed by atoms with van der Waals surface area (Å²) in [5, 5.41) is 0. The molecule has 0 radical (unpaired) electrons. The number of hydrogen-bond acceptors (Lipinski definition) is 4. The zero-order valence-electron chi connectivity index (χ0n) is 9.73. The molecular formula is C9H19ClN2O4S. The van der Waals surface area contributed by atoms with Crippen molar-refractivity contribution in [2.24, 2.45) is 0 Å². The number of morpholine rings is 1. The van der Waals surface area contributed by atoms with Crippen LogP contribution in [-0.4, -0.2) is 64.7 Å². The predicted molar refractivity (Wildman–Crippen MR) is 65.5 cm³/mol. The van der Waals surface area contributed by atoms with Crippen LogP contribution in [0.15, 0.2) is 0 Å². The topological polar surface area (TPSA) is 67.9 Å². The van der Waals surface area contributed by atoms with E-state index in [1.165, 1.54) is 4.31 Å². The lowest BCUT2D eigenvalue weighted by Gasteiger charge is -2.26. The van der Waals surface area contributed by atoms with Crippen LogP contribution in [0.4, 0.5) is 0 Å². The molecule has 1 rings (SSSR count). The highest BCUT2D eigenvalue weighted by atomic mass is 35.5. The summed E-state index contributed by atoms with van der Waals surface area (Å²) in [5.74, 6) is 0.458. The monoisotopic (exact) mass is 286 g/mol. The lowest BCUT2D eigenvalue weighted by atomic mass is 10.5. The molecule has 1 aliphatic rings. The quantitative estimate of drug-likeness (QED) is 0.496. The van der Waals surface area contributed by atoms with Crippen LogP contribution in [0, 0.1) is 0 Å². The van der Waals surface area contributed by atoms with Gasteiger partial charge in [0.1, 0.15) is 0 Å². The number of nitrogens with zero attached hydrogens (tertiary/aromatic N) is 1. The minimum atomic E-state index is -3.35. The fourth-order valence-electron chi connectivity index (χ4n) is 1.41. The van der Waals surface area contributed by atoms with Crippen LogP contribution in [-0.2, 0) is 19.7 Å². The molecule has 8 heteroatoms. The van der Waals surface area contributed by atoms with Crippen molar-refractivity contribution in [2.45, 2.75) is 6.42 Å². The molecule has 0 aliphatic carbocycles. The lowest BCUT2D eigenvalue weighted by Crippen LogP contribution is -2.46. The SMILES string of the molecule is O=S(=O)(NCCCOCCCl)N1CCOCC1. The zero-order valence-corrected chi connectivity index (χ0v) is 11.3. The maximum absolute atomic E-state index is 11.8. The van der Waals surface area contributed by atoms with E-state index in [1.807, 2.05) is 0 Å². The van der Waals surface area contributed by atoms with Crippen molar-refractivity contribution in [3.63, 3.8) is 0 Å². The minimum absolute atomic E-state index is 0.377. The van der Waals surface area contributed by atoms with Crippen molar-refractivity contribution >= 4 is 21.8 Å². The molecule has 0 unspecified atom stereocenters. The standard InChI is InChI=1S/C9H19ClN2O4S/c10-2-7-15-6-1-3-11-17(13,14)12-4-8-16-9-5-12/h11H,1-9H2. The molecule has 0 spiro atoms. The Kier molecular flexibility index (Phi) is 7.33. The smallest absolute Gasteiger partial charge is 0.279 e. The van der Waals surface area contributed by atoms with Crippen LogP contribution in [0.3, 0.4) is 0 Å². The molecule has 0 saturated carbocycles. The van der Waals surface area contributed by atoms with E-state index in [2.05, 4.69) is 4.72 Å². The summed E-state index contributed by atoms with van der Waals surface area (Å²) in [6, 6.07) is 0. The molecule has 1 heterocycles. The van der Waals surface area contributed by atoms with Gasteiger partial charge in [0.25, 0.3) is 10.2 Å². The average Bonchev–Trinajstić information content (AvgIpc) is 2.35. The van der Waals surface area contributed by atoms with E-state index in [-0.39, 0.29) is 0 Å². The summed E-state index contributed by atoms with van der Waals surface area (Å²) >= 11 is 5.43. The van der Waals surface area contributed by atoms with Gasteiger partial charge in [0.05, 0.1) is 19.8 Å². The number of nitrogens with one attached hydrogen (secondary N) is 1. The fraction of sp³-hybridized carbons (Fsp3) is 1.00. The molecule has 17 heavy (non-hydrogen) atoms. The Morgan fingerprint density at radius 2 is 2.00 bits per heavy atom. The number of rotatable bonds is 8. The first kappa shape index (κ1) is 15.1. The van der Waals surface area contributed by atoms with Crippen molar-refractivity contribution in [3.8, 4) is 0 Å². The molecule has 0 aromatic carbocycles. The number of ether oxygens (including phenoxy) is 2. The van der Waals surface area contributed by atoms with E-state index in [9.17, 15) is 8.42 Å². The summed E-state index contributed by atoms with van der Waals surface area (Å²) in [7, 11) is -3.35. The number of halogens is 1. The van der Waals surface area contributed by atoms with Gasteiger partial charge in [0.2, 0.25) is 0 Å². The summed E-state index contributed by atoms with van der Waals surface area (Å²) in [6.45, 7) is 3.13. The molecular weight excluding hydrogens is 268 g/mol. The Hall–Kier alpha value is 0.0800. The molecule has 6 nitrogen and oxygen atoms in total. The Morgan fingerprint density at radius 3 is 2.65 bits per heavy atom. The first-order valence-electron chi connectivity index (χ1n) is 5.63. The molecule has 0 aromatic rings. The molecule has 102 valence electrons. The van der Waals surface area contributed by atoms with Gasteiger partial charge >= 0.3 is 0 Å². The second-order valence-corrected chi connectivity index (χ2v) is 5.70. The van der Waals surface area contributed by atoms with Gasteiger partial charge in [-0.15, -0.1) is 11.6 Å².